The number of hydrogen-bond donors (Lipinski definition) is 2. The van der Waals surface area contributed by atoms with Crippen LogP contribution in [0.2, 0.25) is 0 Å². The lowest BCUT2D eigenvalue weighted by molar-refractivity contribution is 0.0675. The Morgan fingerprint density at radius 2 is 2.42 bits per heavy atom. The molecular weight excluding hydrogens is 296 g/mol. The highest BCUT2D eigenvalue weighted by Gasteiger charge is 2.30. The van der Waals surface area contributed by atoms with Gasteiger partial charge in [0, 0.05) is 29.9 Å². The van der Waals surface area contributed by atoms with E-state index in [2.05, 4.69) is 21.7 Å². The molecule has 1 fully saturated rings. The van der Waals surface area contributed by atoms with Gasteiger partial charge in [0.1, 0.15) is 5.01 Å². The summed E-state index contributed by atoms with van der Waals surface area (Å²) in [5.74, 6) is 1.92. The van der Waals surface area contributed by atoms with Crippen molar-refractivity contribution in [2.75, 3.05) is 18.1 Å². The fourth-order valence-electron chi connectivity index (χ4n) is 2.06. The van der Waals surface area contributed by atoms with Gasteiger partial charge in [0.2, 0.25) is 0 Å². The summed E-state index contributed by atoms with van der Waals surface area (Å²) in [4.78, 5) is 6.89. The van der Waals surface area contributed by atoms with E-state index >= 15 is 0 Å². The zero-order chi connectivity index (χ0) is 13.1. The first-order valence-corrected chi connectivity index (χ1v) is 9.10. The van der Waals surface area contributed by atoms with Crippen LogP contribution in [0.3, 0.4) is 0 Å². The first kappa shape index (κ1) is 13.6. The zero-order valence-corrected chi connectivity index (χ0v) is 12.9. The Hall–Kier alpha value is -0.400. The third-order valence-electron chi connectivity index (χ3n) is 3.12. The lowest BCUT2D eigenvalue weighted by Gasteiger charge is -2.21. The second-order valence-electron chi connectivity index (χ2n) is 4.74. The Bertz CT molecular complexity index is 518. The number of thioether (sulfide) groups is 1. The molecule has 3 rings (SSSR count). The van der Waals surface area contributed by atoms with Crippen LogP contribution in [0, 0.1) is 0 Å². The van der Waals surface area contributed by atoms with Gasteiger partial charge >= 0.3 is 0 Å². The molecule has 0 radical (unpaired) electrons. The van der Waals surface area contributed by atoms with E-state index in [1.54, 1.807) is 22.7 Å². The molecule has 1 saturated heterocycles. The van der Waals surface area contributed by atoms with Crippen molar-refractivity contribution in [3.63, 3.8) is 0 Å². The fourth-order valence-corrected chi connectivity index (χ4v) is 5.04. The molecule has 19 heavy (non-hydrogen) atoms. The maximum atomic E-state index is 10.2. The van der Waals surface area contributed by atoms with Gasteiger partial charge in [0.25, 0.3) is 0 Å². The summed E-state index contributed by atoms with van der Waals surface area (Å²) in [5, 5.41) is 16.7. The lowest BCUT2D eigenvalue weighted by Crippen LogP contribution is -2.40. The van der Waals surface area contributed by atoms with Crippen LogP contribution in [0.5, 0.6) is 0 Å². The molecule has 0 aliphatic carbocycles. The smallest absolute Gasteiger partial charge is 0.133 e. The second kappa shape index (κ2) is 5.93. The Balaban J connectivity index is 1.53. The van der Waals surface area contributed by atoms with Crippen LogP contribution >= 0.6 is 34.4 Å². The largest absolute Gasteiger partial charge is 0.388 e. The molecule has 1 aliphatic heterocycles. The van der Waals surface area contributed by atoms with Crippen LogP contribution in [0.15, 0.2) is 23.7 Å². The van der Waals surface area contributed by atoms with Crippen LogP contribution in [0.4, 0.5) is 0 Å². The number of thiazole rings is 1. The van der Waals surface area contributed by atoms with Gasteiger partial charge in [0.15, 0.2) is 0 Å². The lowest BCUT2D eigenvalue weighted by atomic mass is 10.0. The molecule has 6 heteroatoms. The van der Waals surface area contributed by atoms with E-state index in [0.717, 1.165) is 29.5 Å². The van der Waals surface area contributed by atoms with E-state index in [1.165, 1.54) is 9.75 Å². The second-order valence-corrected chi connectivity index (χ2v) is 7.91. The van der Waals surface area contributed by atoms with Crippen LogP contribution in [-0.2, 0) is 6.54 Å². The molecule has 0 bridgehead atoms. The van der Waals surface area contributed by atoms with Gasteiger partial charge in [-0.25, -0.2) is 4.98 Å². The molecule has 3 heterocycles. The Labute approximate surface area is 125 Å². The van der Waals surface area contributed by atoms with Gasteiger partial charge in [-0.2, -0.15) is 11.8 Å². The first-order chi connectivity index (χ1) is 9.25. The summed E-state index contributed by atoms with van der Waals surface area (Å²) in [7, 11) is 0. The molecule has 1 aliphatic rings. The predicted molar refractivity (Wildman–Crippen MR) is 84.0 cm³/mol. The number of thiophene rings is 1. The van der Waals surface area contributed by atoms with Crippen molar-refractivity contribution >= 4 is 34.4 Å². The number of rotatable bonds is 5. The third kappa shape index (κ3) is 3.38. The number of aliphatic hydroxyl groups is 1. The summed E-state index contributed by atoms with van der Waals surface area (Å²) >= 11 is 5.27. The van der Waals surface area contributed by atoms with Crippen molar-refractivity contribution in [1.29, 1.82) is 0 Å². The molecule has 0 spiro atoms. The van der Waals surface area contributed by atoms with Crippen molar-refractivity contribution in [2.24, 2.45) is 0 Å². The highest BCUT2D eigenvalue weighted by molar-refractivity contribution is 7.99. The molecule has 1 unspecified atom stereocenters. The molecular formula is C13H16N2OS3. The average Bonchev–Trinajstić information content (AvgIpc) is 3.08. The van der Waals surface area contributed by atoms with Gasteiger partial charge in [0.05, 0.1) is 10.5 Å². The van der Waals surface area contributed by atoms with Crippen LogP contribution in [-0.4, -0.2) is 33.7 Å². The maximum Gasteiger partial charge on any atom is 0.133 e. The van der Waals surface area contributed by atoms with Crippen molar-refractivity contribution in [3.05, 3.63) is 28.6 Å². The first-order valence-electron chi connectivity index (χ1n) is 6.25. The van der Waals surface area contributed by atoms with E-state index in [-0.39, 0.29) is 0 Å². The van der Waals surface area contributed by atoms with Gasteiger partial charge < -0.3 is 10.4 Å². The van der Waals surface area contributed by atoms with Gasteiger partial charge in [-0.05, 0) is 23.6 Å². The molecule has 2 aromatic heterocycles. The molecule has 0 amide bonds. The van der Waals surface area contributed by atoms with Gasteiger partial charge in [-0.1, -0.05) is 6.07 Å². The minimum atomic E-state index is -0.508. The third-order valence-corrected chi connectivity index (χ3v) is 6.39. The summed E-state index contributed by atoms with van der Waals surface area (Å²) in [6.07, 6.45) is 2.83. The highest BCUT2D eigenvalue weighted by atomic mass is 32.2. The SMILES string of the molecule is OC1(CNCc2cnc(-c3cccs3)s2)CCSC1. The molecule has 2 aromatic rings. The molecule has 1 atom stereocenters. The maximum absolute atomic E-state index is 10.2. The topological polar surface area (TPSA) is 45.1 Å². The molecule has 0 aromatic carbocycles. The van der Waals surface area contributed by atoms with E-state index < -0.39 is 5.60 Å². The highest BCUT2D eigenvalue weighted by Crippen LogP contribution is 2.29. The van der Waals surface area contributed by atoms with Crippen molar-refractivity contribution in [1.82, 2.24) is 10.3 Å². The van der Waals surface area contributed by atoms with Gasteiger partial charge in [-0.3, -0.25) is 0 Å². The van der Waals surface area contributed by atoms with Crippen LogP contribution in [0.1, 0.15) is 11.3 Å². The summed E-state index contributed by atoms with van der Waals surface area (Å²) in [6.45, 7) is 1.46. The number of hydrogen-bond acceptors (Lipinski definition) is 6. The fraction of sp³-hybridized carbons (Fsp3) is 0.462. The molecule has 3 nitrogen and oxygen atoms in total. The summed E-state index contributed by atoms with van der Waals surface area (Å²) < 4.78 is 0. The molecule has 102 valence electrons. The average molecular weight is 312 g/mol. The van der Waals surface area contributed by atoms with Crippen LogP contribution < -0.4 is 5.32 Å². The Morgan fingerprint density at radius 3 is 3.16 bits per heavy atom. The van der Waals surface area contributed by atoms with E-state index in [0.29, 0.717) is 6.54 Å². The minimum absolute atomic E-state index is 0.508. The standard InChI is InChI=1S/C13H16N2OS3/c16-13(3-5-17-9-13)8-14-6-10-7-15-12(19-10)11-2-1-4-18-11/h1-2,4,7,14,16H,3,5-6,8-9H2. The summed E-state index contributed by atoms with van der Waals surface area (Å²) in [5.41, 5.74) is -0.508. The predicted octanol–water partition coefficient (Wildman–Crippen LogP) is 2.83. The van der Waals surface area contributed by atoms with Crippen molar-refractivity contribution in [2.45, 2.75) is 18.6 Å². The number of nitrogens with zero attached hydrogens (tertiary/aromatic N) is 1. The Kier molecular flexibility index (Phi) is 4.24. The zero-order valence-electron chi connectivity index (χ0n) is 10.5. The van der Waals surface area contributed by atoms with E-state index in [1.807, 2.05) is 24.0 Å². The summed E-state index contributed by atoms with van der Waals surface area (Å²) in [6, 6.07) is 4.14. The van der Waals surface area contributed by atoms with Crippen molar-refractivity contribution < 1.29 is 5.11 Å². The minimum Gasteiger partial charge on any atom is -0.388 e. The van der Waals surface area contributed by atoms with Crippen molar-refractivity contribution in [3.8, 4) is 9.88 Å². The molecule has 2 N–H and O–H groups in total. The van der Waals surface area contributed by atoms with Crippen LogP contribution in [0.25, 0.3) is 9.88 Å². The van der Waals surface area contributed by atoms with E-state index in [4.69, 9.17) is 0 Å². The van der Waals surface area contributed by atoms with Gasteiger partial charge in [-0.15, -0.1) is 22.7 Å². The monoisotopic (exact) mass is 312 g/mol. The number of aromatic nitrogens is 1. The molecule has 0 saturated carbocycles. The quantitative estimate of drug-likeness (QED) is 0.891. The normalized spacial score (nSPS) is 23.0. The number of nitrogens with one attached hydrogen (secondary N) is 1. The Morgan fingerprint density at radius 1 is 1.47 bits per heavy atom. The van der Waals surface area contributed by atoms with E-state index in [9.17, 15) is 5.11 Å².